The number of benzene rings is 1. The van der Waals surface area contributed by atoms with Gasteiger partial charge >= 0.3 is 17.9 Å². The summed E-state index contributed by atoms with van der Waals surface area (Å²) >= 11 is 3.32. The molecule has 6 rings (SSSR count). The molecule has 2 aliphatic rings. The Morgan fingerprint density at radius 1 is 1.14 bits per heavy atom. The minimum Gasteiger partial charge on any atom is -0.504 e. The number of carboxylic acids is 3. The van der Waals surface area contributed by atoms with E-state index in [0.29, 0.717) is 10.6 Å². The highest BCUT2D eigenvalue weighted by atomic mass is 32.2. The molecule has 3 aromatic heterocycles. The fourth-order valence-electron chi connectivity index (χ4n) is 5.08. The number of thiazole rings is 1. The lowest BCUT2D eigenvalue weighted by molar-refractivity contribution is -0.150. The summed E-state index contributed by atoms with van der Waals surface area (Å²) in [7, 11) is 0. The van der Waals surface area contributed by atoms with Gasteiger partial charge in [-0.3, -0.25) is 19.3 Å². The summed E-state index contributed by atoms with van der Waals surface area (Å²) in [5, 5.41) is 60.3. The van der Waals surface area contributed by atoms with Crippen molar-refractivity contribution in [2.45, 2.75) is 29.5 Å². The molecule has 0 radical (unpaired) electrons. The van der Waals surface area contributed by atoms with Gasteiger partial charge in [0.15, 0.2) is 22.3 Å². The van der Waals surface area contributed by atoms with Gasteiger partial charge in [0.2, 0.25) is 0 Å². The highest BCUT2D eigenvalue weighted by Crippen LogP contribution is 2.42. The number of carbonyl (C=O) groups is 5. The molecular formula is C28H23N9O11S3. The van der Waals surface area contributed by atoms with E-state index in [4.69, 9.17) is 10.6 Å². The quantitative estimate of drug-likeness (QED) is 0.0242. The van der Waals surface area contributed by atoms with Crippen molar-refractivity contribution >= 4 is 81.2 Å². The number of oxime groups is 1. The van der Waals surface area contributed by atoms with Crippen molar-refractivity contribution in [3.63, 3.8) is 0 Å². The fraction of sp³-hybridized carbons (Fsp3) is 0.214. The lowest BCUT2D eigenvalue weighted by Gasteiger charge is -2.49. The van der Waals surface area contributed by atoms with E-state index in [-0.39, 0.29) is 51.5 Å². The molecule has 2 amide bonds. The Bertz CT molecular complexity index is 2180. The number of aromatic carboxylic acids is 1. The van der Waals surface area contributed by atoms with Gasteiger partial charge in [-0.25, -0.2) is 19.6 Å². The minimum atomic E-state index is -1.43. The van der Waals surface area contributed by atoms with Crippen LogP contribution in [0.4, 0.5) is 5.13 Å². The van der Waals surface area contributed by atoms with E-state index >= 15 is 0 Å². The van der Waals surface area contributed by atoms with Crippen LogP contribution in [-0.4, -0.2) is 113 Å². The van der Waals surface area contributed by atoms with E-state index in [9.17, 15) is 49.5 Å². The summed E-state index contributed by atoms with van der Waals surface area (Å²) in [6.07, 6.45) is 0.877. The number of β-lactam (4-membered cyclic amide) rings is 1. The van der Waals surface area contributed by atoms with Gasteiger partial charge in [-0.05, 0) is 23.8 Å². The van der Waals surface area contributed by atoms with Crippen molar-refractivity contribution in [2.24, 2.45) is 5.16 Å². The first-order chi connectivity index (χ1) is 24.3. The molecule has 23 heteroatoms. The first-order valence-electron chi connectivity index (χ1n) is 14.3. The number of hydrogen-bond acceptors (Lipinski definition) is 17. The Morgan fingerprint density at radius 3 is 2.61 bits per heavy atom. The van der Waals surface area contributed by atoms with Gasteiger partial charge in [-0.1, -0.05) is 5.16 Å². The standard InChI is InChI=1S/C28H23N9O11S3/c29-27-33-14(8-51-27)18(35-48-5-13-12(25(44)45)1-2-15(38)21(13)41)22(42)34-19-23(43)36-20(26(46)47)10(7-50-24(19)36)6-49-16-3-11(4-17(39)40)32-28-30-9-31-37(16)28/h1-3,8-9,19,24,38,41H,4-7H2,(H2,29,33)(H,34,42)(H,39,40)(H,44,45)(H,46,47)/t19-,24-/m1/s1. The predicted octanol–water partition coefficient (Wildman–Crippen LogP) is 0.351. The van der Waals surface area contributed by atoms with Gasteiger partial charge < -0.3 is 41.4 Å². The first-order valence-corrected chi connectivity index (χ1v) is 17.2. The van der Waals surface area contributed by atoms with Crippen molar-refractivity contribution in [1.82, 2.24) is 34.8 Å². The minimum absolute atomic E-state index is 0.0527. The number of carboxylic acid groups (broad SMARTS) is 3. The predicted molar refractivity (Wildman–Crippen MR) is 177 cm³/mol. The number of nitrogens with two attached hydrogens (primary N) is 1. The Hall–Kier alpha value is -5.94. The molecule has 2 aliphatic heterocycles. The smallest absolute Gasteiger partial charge is 0.352 e. The molecule has 0 unspecified atom stereocenters. The van der Waals surface area contributed by atoms with E-state index < -0.39 is 70.5 Å². The molecule has 5 heterocycles. The number of aliphatic carboxylic acids is 2. The number of fused-ring (bicyclic) bond motifs is 2. The van der Waals surface area contributed by atoms with Crippen LogP contribution in [0.2, 0.25) is 0 Å². The summed E-state index contributed by atoms with van der Waals surface area (Å²) in [5.41, 5.74) is 4.85. The number of anilines is 1. The summed E-state index contributed by atoms with van der Waals surface area (Å²) in [6.45, 7) is -0.691. The van der Waals surface area contributed by atoms with Crippen LogP contribution in [0.5, 0.6) is 11.5 Å². The number of aromatic hydroxyl groups is 2. The van der Waals surface area contributed by atoms with Crippen molar-refractivity contribution in [1.29, 1.82) is 0 Å². The highest BCUT2D eigenvalue weighted by molar-refractivity contribution is 8.01. The third kappa shape index (κ3) is 6.93. The van der Waals surface area contributed by atoms with E-state index in [2.05, 4.69) is 30.5 Å². The highest BCUT2D eigenvalue weighted by Gasteiger charge is 2.54. The largest absolute Gasteiger partial charge is 0.504 e. The number of aromatic nitrogens is 5. The number of nitrogen functional groups attached to an aromatic ring is 1. The fourth-order valence-corrected chi connectivity index (χ4v) is 8.13. The zero-order chi connectivity index (χ0) is 36.6. The number of nitrogens with zero attached hydrogens (tertiary/aromatic N) is 7. The molecule has 4 aromatic rings. The average Bonchev–Trinajstić information content (AvgIpc) is 3.74. The number of thioether (sulfide) groups is 2. The third-order valence-electron chi connectivity index (χ3n) is 7.37. The van der Waals surface area contributed by atoms with Crippen molar-refractivity contribution in [2.75, 3.05) is 17.2 Å². The third-order valence-corrected chi connectivity index (χ3v) is 10.5. The number of phenolic OH excluding ortho intramolecular Hbond substituents is 2. The monoisotopic (exact) mass is 757 g/mol. The first kappa shape index (κ1) is 34.9. The van der Waals surface area contributed by atoms with Gasteiger partial charge in [0, 0.05) is 16.9 Å². The average molecular weight is 758 g/mol. The van der Waals surface area contributed by atoms with E-state index in [1.54, 1.807) is 0 Å². The maximum Gasteiger partial charge on any atom is 0.352 e. The van der Waals surface area contributed by atoms with Crippen LogP contribution in [0, 0.1) is 0 Å². The number of rotatable bonds is 13. The number of nitrogens with one attached hydrogen (secondary N) is 1. The second-order valence-electron chi connectivity index (χ2n) is 10.6. The SMILES string of the molecule is Nc1nc(C(=NOCc2c(C(=O)O)ccc(O)c2O)C(=O)N[C@@H]2C(=O)N3C(C(=O)O)=C(CSc4cc(CC(=O)O)nc5ncnn45)CS[C@H]23)cs1. The van der Waals surface area contributed by atoms with Crippen LogP contribution in [-0.2, 0) is 37.0 Å². The van der Waals surface area contributed by atoms with Crippen LogP contribution in [0.1, 0.15) is 27.3 Å². The van der Waals surface area contributed by atoms with E-state index in [1.165, 1.54) is 34.1 Å². The summed E-state index contributed by atoms with van der Waals surface area (Å²) in [5.74, 6) is -6.54. The maximum absolute atomic E-state index is 13.5. The molecule has 51 heavy (non-hydrogen) atoms. The van der Waals surface area contributed by atoms with Crippen molar-refractivity contribution in [3.05, 3.63) is 63.7 Å². The molecular weight excluding hydrogens is 735 g/mol. The zero-order valence-corrected chi connectivity index (χ0v) is 27.9. The van der Waals surface area contributed by atoms with Gasteiger partial charge in [0.1, 0.15) is 40.8 Å². The van der Waals surface area contributed by atoms with Crippen LogP contribution < -0.4 is 11.1 Å². The molecule has 1 aromatic carbocycles. The van der Waals surface area contributed by atoms with Gasteiger partial charge in [0.05, 0.1) is 23.2 Å². The summed E-state index contributed by atoms with van der Waals surface area (Å²) < 4.78 is 1.38. The van der Waals surface area contributed by atoms with Gasteiger partial charge in [0.25, 0.3) is 17.6 Å². The Balaban J connectivity index is 1.19. The Kier molecular flexibility index (Phi) is 9.67. The molecule has 264 valence electrons. The van der Waals surface area contributed by atoms with Crippen molar-refractivity contribution < 1.29 is 54.3 Å². The molecule has 0 spiro atoms. The maximum atomic E-state index is 13.5. The van der Waals surface area contributed by atoms with Crippen LogP contribution >= 0.6 is 34.9 Å². The van der Waals surface area contributed by atoms with Crippen LogP contribution in [0.25, 0.3) is 5.78 Å². The second kappa shape index (κ2) is 14.1. The molecule has 0 aliphatic carbocycles. The summed E-state index contributed by atoms with van der Waals surface area (Å²) in [4.78, 5) is 80.7. The van der Waals surface area contributed by atoms with E-state index in [0.717, 1.165) is 40.1 Å². The van der Waals surface area contributed by atoms with Crippen molar-refractivity contribution in [3.8, 4) is 11.5 Å². The van der Waals surface area contributed by atoms with Gasteiger partial charge in [-0.15, -0.1) is 34.9 Å². The molecule has 2 atom stereocenters. The van der Waals surface area contributed by atoms with Crippen LogP contribution in [0.15, 0.2) is 51.4 Å². The van der Waals surface area contributed by atoms with Gasteiger partial charge in [-0.2, -0.15) is 14.6 Å². The lowest BCUT2D eigenvalue weighted by atomic mass is 10.0. The summed E-state index contributed by atoms with van der Waals surface area (Å²) in [6, 6.07) is 2.35. The number of carbonyl (C=O) groups excluding carboxylic acids is 2. The molecule has 1 saturated heterocycles. The normalized spacial score (nSPS) is 17.2. The Labute approximate surface area is 296 Å². The Morgan fingerprint density at radius 2 is 1.92 bits per heavy atom. The molecule has 0 bridgehead atoms. The molecule has 1 fully saturated rings. The zero-order valence-electron chi connectivity index (χ0n) is 25.5. The molecule has 0 saturated carbocycles. The topological polar surface area (TPSA) is 305 Å². The number of hydrogen-bond donors (Lipinski definition) is 7. The lowest BCUT2D eigenvalue weighted by Crippen LogP contribution is -2.71. The molecule has 8 N–H and O–H groups in total. The number of phenols is 2. The second-order valence-corrected chi connectivity index (χ2v) is 13.6. The number of amides is 2. The van der Waals surface area contributed by atoms with E-state index in [1.807, 2.05) is 0 Å². The van der Waals surface area contributed by atoms with Crippen LogP contribution in [0.3, 0.4) is 0 Å². The molecule has 20 nitrogen and oxygen atoms in total.